The topological polar surface area (TPSA) is 87.5 Å². The Morgan fingerprint density at radius 1 is 1.04 bits per heavy atom. The van der Waals surface area contributed by atoms with E-state index in [1.807, 2.05) is 35.2 Å². The van der Waals surface area contributed by atoms with Crippen LogP contribution in [0, 0.1) is 0 Å². The van der Waals surface area contributed by atoms with Gasteiger partial charge >= 0.3 is 6.03 Å². The lowest BCUT2D eigenvalue weighted by Gasteiger charge is -2.36. The normalized spacial score (nSPS) is 16.1. The smallest absolute Gasteiger partial charge is 0.319 e. The first kappa shape index (κ1) is 20.6. The van der Waals surface area contributed by atoms with E-state index in [2.05, 4.69) is 10.6 Å². The second-order valence-electron chi connectivity index (χ2n) is 6.47. The van der Waals surface area contributed by atoms with Crippen LogP contribution in [0.2, 0.25) is 0 Å². The van der Waals surface area contributed by atoms with E-state index >= 15 is 0 Å². The molecule has 2 aromatic carbocycles. The molecule has 1 heterocycles. The van der Waals surface area contributed by atoms with Crippen LogP contribution in [0.3, 0.4) is 0 Å². The fourth-order valence-corrected chi connectivity index (χ4v) is 3.18. The van der Waals surface area contributed by atoms with Crippen LogP contribution in [0.15, 0.2) is 54.6 Å². The Labute approximate surface area is 165 Å². The van der Waals surface area contributed by atoms with Crippen molar-refractivity contribution in [2.75, 3.05) is 24.1 Å². The maximum Gasteiger partial charge on any atom is 0.319 e. The van der Waals surface area contributed by atoms with E-state index in [1.165, 1.54) is 0 Å². The fourth-order valence-electron chi connectivity index (χ4n) is 3.18. The average Bonchev–Trinajstić information content (AvgIpc) is 2.67. The molecule has 1 saturated heterocycles. The number of hydrogen-bond acceptors (Lipinski definition) is 3. The molecule has 0 spiro atoms. The molecule has 1 aliphatic heterocycles. The van der Waals surface area contributed by atoms with Crippen LogP contribution in [0.4, 0.5) is 16.2 Å². The molecular formula is C20H25ClN4O2. The second-order valence-corrected chi connectivity index (χ2v) is 6.47. The number of likely N-dealkylation sites (tertiary alicyclic amines) is 1. The van der Waals surface area contributed by atoms with Gasteiger partial charge in [-0.1, -0.05) is 18.2 Å². The van der Waals surface area contributed by atoms with Gasteiger partial charge in [0, 0.05) is 36.1 Å². The second kappa shape index (κ2) is 9.83. The number of anilines is 2. The van der Waals surface area contributed by atoms with Gasteiger partial charge in [-0.3, -0.25) is 4.79 Å². The molecule has 0 aromatic heterocycles. The number of halogens is 1. The van der Waals surface area contributed by atoms with Crippen LogP contribution in [-0.4, -0.2) is 36.0 Å². The van der Waals surface area contributed by atoms with E-state index < -0.39 is 0 Å². The van der Waals surface area contributed by atoms with Crippen LogP contribution in [-0.2, 0) is 0 Å². The molecular weight excluding hydrogens is 364 g/mol. The number of piperidine rings is 1. The van der Waals surface area contributed by atoms with Crippen molar-refractivity contribution in [3.05, 3.63) is 60.2 Å². The zero-order valence-electron chi connectivity index (χ0n) is 15.1. The summed E-state index contributed by atoms with van der Waals surface area (Å²) in [5.74, 6) is -0.0139. The first-order valence-corrected chi connectivity index (χ1v) is 8.90. The Balaban J connectivity index is 0.00000261. The molecule has 3 rings (SSSR count). The number of nitrogen functional groups attached to an aromatic ring is 1. The fraction of sp³-hybridized carbons (Fsp3) is 0.300. The Hall–Kier alpha value is -2.73. The molecule has 4 N–H and O–H groups in total. The van der Waals surface area contributed by atoms with Gasteiger partial charge in [0.1, 0.15) is 0 Å². The third kappa shape index (κ3) is 5.62. The molecule has 1 unspecified atom stereocenters. The van der Waals surface area contributed by atoms with Gasteiger partial charge in [0.15, 0.2) is 0 Å². The summed E-state index contributed by atoms with van der Waals surface area (Å²) >= 11 is 0. The van der Waals surface area contributed by atoms with Crippen LogP contribution in [0.1, 0.15) is 29.6 Å². The molecule has 7 heteroatoms. The van der Waals surface area contributed by atoms with Crippen LogP contribution < -0.4 is 16.4 Å². The van der Waals surface area contributed by atoms with Gasteiger partial charge in [0.2, 0.25) is 0 Å². The lowest BCUT2D eigenvalue weighted by atomic mass is 10.0. The van der Waals surface area contributed by atoms with Gasteiger partial charge in [-0.25, -0.2) is 4.79 Å². The van der Waals surface area contributed by atoms with Gasteiger partial charge in [0.25, 0.3) is 5.91 Å². The van der Waals surface area contributed by atoms with Crippen molar-refractivity contribution in [2.24, 2.45) is 0 Å². The molecule has 6 nitrogen and oxygen atoms in total. The summed E-state index contributed by atoms with van der Waals surface area (Å²) in [6.07, 6.45) is 2.91. The number of nitrogens with one attached hydrogen (secondary N) is 2. The largest absolute Gasteiger partial charge is 0.399 e. The number of nitrogens with zero attached hydrogens (tertiary/aromatic N) is 1. The summed E-state index contributed by atoms with van der Waals surface area (Å²) in [7, 11) is 0. The Bertz CT molecular complexity index is 752. The molecule has 144 valence electrons. The molecule has 1 atom stereocenters. The molecule has 3 amide bonds. The lowest BCUT2D eigenvalue weighted by Crippen LogP contribution is -2.50. The Morgan fingerprint density at radius 3 is 2.44 bits per heavy atom. The van der Waals surface area contributed by atoms with Gasteiger partial charge in [0.05, 0.1) is 0 Å². The number of hydrogen-bond donors (Lipinski definition) is 3. The number of benzene rings is 2. The predicted molar refractivity (Wildman–Crippen MR) is 110 cm³/mol. The molecule has 1 aliphatic rings. The molecule has 27 heavy (non-hydrogen) atoms. The number of amides is 3. The summed E-state index contributed by atoms with van der Waals surface area (Å²) in [5.41, 5.74) is 7.70. The number of carbonyl (C=O) groups excluding carboxylic acids is 2. The molecule has 0 radical (unpaired) electrons. The monoisotopic (exact) mass is 388 g/mol. The van der Waals surface area contributed by atoms with E-state index in [0.29, 0.717) is 24.3 Å². The van der Waals surface area contributed by atoms with E-state index in [-0.39, 0.29) is 30.4 Å². The average molecular weight is 389 g/mol. The highest BCUT2D eigenvalue weighted by atomic mass is 35.5. The number of para-hydroxylation sites is 1. The highest BCUT2D eigenvalue weighted by Gasteiger charge is 2.27. The summed E-state index contributed by atoms with van der Waals surface area (Å²) in [5, 5.41) is 5.68. The third-order valence-corrected chi connectivity index (χ3v) is 4.58. The number of rotatable bonds is 4. The summed E-state index contributed by atoms with van der Waals surface area (Å²) < 4.78 is 0. The maximum absolute atomic E-state index is 12.8. The van der Waals surface area contributed by atoms with E-state index in [0.717, 1.165) is 24.9 Å². The van der Waals surface area contributed by atoms with Crippen LogP contribution >= 0.6 is 12.4 Å². The van der Waals surface area contributed by atoms with Crippen molar-refractivity contribution < 1.29 is 9.59 Å². The van der Waals surface area contributed by atoms with Crippen LogP contribution in [0.5, 0.6) is 0 Å². The number of urea groups is 1. The van der Waals surface area contributed by atoms with Crippen molar-refractivity contribution in [1.29, 1.82) is 0 Å². The zero-order chi connectivity index (χ0) is 18.4. The van der Waals surface area contributed by atoms with Crippen molar-refractivity contribution >= 4 is 35.7 Å². The molecule has 0 bridgehead atoms. The predicted octanol–water partition coefficient (Wildman–Crippen LogP) is 3.51. The van der Waals surface area contributed by atoms with Crippen molar-refractivity contribution in [2.45, 2.75) is 25.3 Å². The Kier molecular flexibility index (Phi) is 7.49. The van der Waals surface area contributed by atoms with E-state index in [1.54, 1.807) is 24.3 Å². The van der Waals surface area contributed by atoms with E-state index in [4.69, 9.17) is 5.73 Å². The quantitative estimate of drug-likeness (QED) is 0.700. The van der Waals surface area contributed by atoms with Gasteiger partial charge in [-0.2, -0.15) is 0 Å². The first-order chi connectivity index (χ1) is 12.6. The minimum atomic E-state index is -0.262. The Morgan fingerprint density at radius 2 is 1.74 bits per heavy atom. The minimum absolute atomic E-state index is 0. The number of carbonyl (C=O) groups is 2. The SMILES string of the molecule is Cl.Nc1ccc(C(=O)N2CCCCC2CNC(=O)Nc2ccccc2)cc1. The molecule has 0 aliphatic carbocycles. The summed E-state index contributed by atoms with van der Waals surface area (Å²) in [6.45, 7) is 1.13. The minimum Gasteiger partial charge on any atom is -0.399 e. The highest BCUT2D eigenvalue weighted by Crippen LogP contribution is 2.20. The molecule has 0 saturated carbocycles. The molecule has 2 aromatic rings. The summed E-state index contributed by atoms with van der Waals surface area (Å²) in [4.78, 5) is 26.8. The van der Waals surface area contributed by atoms with Gasteiger partial charge in [-0.05, 0) is 55.7 Å². The summed E-state index contributed by atoms with van der Waals surface area (Å²) in [6, 6.07) is 16.0. The highest BCUT2D eigenvalue weighted by molar-refractivity contribution is 5.95. The van der Waals surface area contributed by atoms with Crippen LogP contribution in [0.25, 0.3) is 0 Å². The number of nitrogens with two attached hydrogens (primary N) is 1. The zero-order valence-corrected chi connectivity index (χ0v) is 15.9. The maximum atomic E-state index is 12.8. The van der Waals surface area contributed by atoms with Crippen molar-refractivity contribution in [3.8, 4) is 0 Å². The third-order valence-electron chi connectivity index (χ3n) is 4.58. The van der Waals surface area contributed by atoms with Gasteiger partial charge < -0.3 is 21.3 Å². The van der Waals surface area contributed by atoms with E-state index in [9.17, 15) is 9.59 Å². The van der Waals surface area contributed by atoms with Crippen molar-refractivity contribution in [1.82, 2.24) is 10.2 Å². The van der Waals surface area contributed by atoms with Gasteiger partial charge in [-0.15, -0.1) is 12.4 Å². The standard InChI is InChI=1S/C20H24N4O2.ClH/c21-16-11-9-15(10-12-16)19(25)24-13-5-4-8-18(24)14-22-20(26)23-17-6-2-1-3-7-17;/h1-3,6-7,9-12,18H,4-5,8,13-14,21H2,(H2,22,23,26);1H. The lowest BCUT2D eigenvalue weighted by molar-refractivity contribution is 0.0615. The molecule has 1 fully saturated rings. The van der Waals surface area contributed by atoms with Crippen molar-refractivity contribution in [3.63, 3.8) is 0 Å². The first-order valence-electron chi connectivity index (χ1n) is 8.90.